The van der Waals surface area contributed by atoms with Crippen LogP contribution in [-0.2, 0) is 6.54 Å². The molecule has 0 atom stereocenters. The average molecular weight is 385 g/mol. The first-order valence-corrected chi connectivity index (χ1v) is 9.65. The van der Waals surface area contributed by atoms with Crippen LogP contribution in [0, 0.1) is 13.8 Å². The van der Waals surface area contributed by atoms with E-state index in [0.717, 1.165) is 33.5 Å². The maximum absolute atomic E-state index is 13.2. The van der Waals surface area contributed by atoms with E-state index in [-0.39, 0.29) is 5.56 Å². The van der Waals surface area contributed by atoms with Gasteiger partial charge in [-0.3, -0.25) is 14.3 Å². The normalized spacial score (nSPS) is 11.0. The minimum Gasteiger partial charge on any atom is -0.357 e. The van der Waals surface area contributed by atoms with E-state index in [1.54, 1.807) is 17.8 Å². The van der Waals surface area contributed by atoms with Gasteiger partial charge in [-0.15, -0.1) is 0 Å². The molecule has 0 amide bonds. The van der Waals surface area contributed by atoms with E-state index in [1.807, 2.05) is 57.2 Å². The molecule has 0 aliphatic heterocycles. The molecule has 0 unspecified atom stereocenters. The van der Waals surface area contributed by atoms with Gasteiger partial charge in [0.15, 0.2) is 0 Å². The maximum Gasteiger partial charge on any atom is 0.260 e. The van der Waals surface area contributed by atoms with Gasteiger partial charge in [0.2, 0.25) is 5.95 Å². The lowest BCUT2D eigenvalue weighted by molar-refractivity contribution is 0.750. The van der Waals surface area contributed by atoms with Crippen LogP contribution in [0.3, 0.4) is 0 Å². The van der Waals surface area contributed by atoms with E-state index in [4.69, 9.17) is 0 Å². The number of anilines is 1. The molecule has 6 heteroatoms. The Kier molecular flexibility index (Phi) is 4.84. The van der Waals surface area contributed by atoms with Crippen molar-refractivity contribution in [3.8, 4) is 22.4 Å². The highest BCUT2D eigenvalue weighted by Gasteiger charge is 2.14. The number of fused-ring (bicyclic) bond motifs is 1. The molecule has 4 rings (SSSR count). The molecule has 1 N–H and O–H groups in total. The minimum atomic E-state index is -0.0507. The van der Waals surface area contributed by atoms with Gasteiger partial charge in [-0.25, -0.2) is 4.98 Å². The largest absolute Gasteiger partial charge is 0.357 e. The molecule has 4 aromatic rings. The molecule has 146 valence electrons. The van der Waals surface area contributed by atoms with Crippen LogP contribution in [-0.4, -0.2) is 26.6 Å². The molecule has 3 heterocycles. The fourth-order valence-corrected chi connectivity index (χ4v) is 3.59. The molecule has 0 fully saturated rings. The Bertz CT molecular complexity index is 1280. The lowest BCUT2D eigenvalue weighted by atomic mass is 9.97. The van der Waals surface area contributed by atoms with Crippen molar-refractivity contribution in [1.29, 1.82) is 0 Å². The molecule has 0 spiro atoms. The second kappa shape index (κ2) is 7.47. The van der Waals surface area contributed by atoms with Gasteiger partial charge in [0.25, 0.3) is 5.56 Å². The molecule has 3 aromatic heterocycles. The lowest BCUT2D eigenvalue weighted by Gasteiger charge is -2.13. The van der Waals surface area contributed by atoms with E-state index in [1.165, 1.54) is 0 Å². The first-order valence-electron chi connectivity index (χ1n) is 9.65. The van der Waals surface area contributed by atoms with Crippen LogP contribution in [0.15, 0.2) is 53.5 Å². The van der Waals surface area contributed by atoms with Crippen molar-refractivity contribution in [1.82, 2.24) is 19.5 Å². The molecule has 0 saturated carbocycles. The number of aromatic nitrogens is 4. The Morgan fingerprint density at radius 1 is 1.03 bits per heavy atom. The van der Waals surface area contributed by atoms with E-state index >= 15 is 0 Å². The molecular weight excluding hydrogens is 362 g/mol. The number of nitrogens with one attached hydrogen (secondary N) is 1. The van der Waals surface area contributed by atoms with Crippen molar-refractivity contribution in [2.75, 3.05) is 12.4 Å². The van der Waals surface area contributed by atoms with Gasteiger partial charge in [0.1, 0.15) is 5.65 Å². The van der Waals surface area contributed by atoms with Gasteiger partial charge >= 0.3 is 0 Å². The van der Waals surface area contributed by atoms with Crippen LogP contribution >= 0.6 is 0 Å². The first-order chi connectivity index (χ1) is 14.0. The number of hydrogen-bond donors (Lipinski definition) is 1. The van der Waals surface area contributed by atoms with E-state index in [9.17, 15) is 4.79 Å². The second-order valence-corrected chi connectivity index (χ2v) is 7.02. The third kappa shape index (κ3) is 3.38. The summed E-state index contributed by atoms with van der Waals surface area (Å²) in [5, 5.41) is 3.76. The average Bonchev–Trinajstić information content (AvgIpc) is 2.73. The highest BCUT2D eigenvalue weighted by atomic mass is 16.1. The highest BCUT2D eigenvalue weighted by molar-refractivity contribution is 5.83. The quantitative estimate of drug-likeness (QED) is 0.570. The summed E-state index contributed by atoms with van der Waals surface area (Å²) in [6.45, 7) is 6.49. The minimum absolute atomic E-state index is 0.0507. The van der Waals surface area contributed by atoms with Crippen molar-refractivity contribution in [2.45, 2.75) is 27.3 Å². The Morgan fingerprint density at radius 2 is 1.86 bits per heavy atom. The van der Waals surface area contributed by atoms with Gasteiger partial charge in [-0.2, -0.15) is 4.98 Å². The van der Waals surface area contributed by atoms with Crippen LogP contribution in [0.1, 0.15) is 18.2 Å². The summed E-state index contributed by atoms with van der Waals surface area (Å²) in [5.41, 5.74) is 6.12. The smallest absolute Gasteiger partial charge is 0.260 e. The van der Waals surface area contributed by atoms with Gasteiger partial charge in [-0.1, -0.05) is 18.2 Å². The SMILES string of the molecule is CCn1c(=O)c(-c2ccc(-c3cccc(C)n3)cc2C)cc2cnc(NC)nc21. The third-order valence-corrected chi connectivity index (χ3v) is 5.07. The van der Waals surface area contributed by atoms with E-state index < -0.39 is 0 Å². The summed E-state index contributed by atoms with van der Waals surface area (Å²) in [6, 6.07) is 14.0. The van der Waals surface area contributed by atoms with Crippen molar-refractivity contribution < 1.29 is 0 Å². The molecule has 0 aliphatic rings. The number of aryl methyl sites for hydroxylation is 3. The molecule has 6 nitrogen and oxygen atoms in total. The van der Waals surface area contributed by atoms with Crippen molar-refractivity contribution >= 4 is 17.0 Å². The number of benzene rings is 1. The maximum atomic E-state index is 13.2. The predicted octanol–water partition coefficient (Wildman–Crippen LogP) is 4.20. The Labute approximate surface area is 169 Å². The van der Waals surface area contributed by atoms with Crippen LogP contribution in [0.25, 0.3) is 33.4 Å². The first kappa shape index (κ1) is 18.8. The third-order valence-electron chi connectivity index (χ3n) is 5.07. The summed E-state index contributed by atoms with van der Waals surface area (Å²) in [6.07, 6.45) is 1.75. The number of nitrogens with zero attached hydrogens (tertiary/aromatic N) is 4. The lowest BCUT2D eigenvalue weighted by Crippen LogP contribution is -2.22. The zero-order valence-electron chi connectivity index (χ0n) is 17.0. The Balaban J connectivity index is 1.88. The zero-order chi connectivity index (χ0) is 20.5. The van der Waals surface area contributed by atoms with Crippen LogP contribution < -0.4 is 10.9 Å². The monoisotopic (exact) mass is 385 g/mol. The van der Waals surface area contributed by atoms with Gasteiger partial charge in [0, 0.05) is 42.0 Å². The van der Waals surface area contributed by atoms with Crippen molar-refractivity contribution in [2.24, 2.45) is 0 Å². The van der Waals surface area contributed by atoms with Crippen LogP contribution in [0.2, 0.25) is 0 Å². The zero-order valence-corrected chi connectivity index (χ0v) is 17.0. The highest BCUT2D eigenvalue weighted by Crippen LogP contribution is 2.28. The standard InChI is InChI=1S/C23H23N5O/c1-5-28-21-17(13-25-23(24-4)27-21)12-19(22(28)29)18-10-9-16(11-14(18)2)20-8-6-7-15(3)26-20/h6-13H,5H2,1-4H3,(H,24,25,27). The Morgan fingerprint density at radius 3 is 2.55 bits per heavy atom. The number of hydrogen-bond acceptors (Lipinski definition) is 5. The molecule has 1 aromatic carbocycles. The molecule has 29 heavy (non-hydrogen) atoms. The molecule has 0 saturated heterocycles. The fraction of sp³-hybridized carbons (Fsp3) is 0.217. The van der Waals surface area contributed by atoms with E-state index in [2.05, 4.69) is 26.3 Å². The van der Waals surface area contributed by atoms with Crippen LogP contribution in [0.5, 0.6) is 0 Å². The Hall–Kier alpha value is -3.54. The number of pyridine rings is 2. The second-order valence-electron chi connectivity index (χ2n) is 7.02. The number of rotatable bonds is 4. The topological polar surface area (TPSA) is 72.7 Å². The summed E-state index contributed by atoms with van der Waals surface area (Å²) < 4.78 is 1.70. The summed E-state index contributed by atoms with van der Waals surface area (Å²) in [4.78, 5) is 26.6. The summed E-state index contributed by atoms with van der Waals surface area (Å²) >= 11 is 0. The van der Waals surface area contributed by atoms with E-state index in [0.29, 0.717) is 23.7 Å². The molecule has 0 aliphatic carbocycles. The van der Waals surface area contributed by atoms with Gasteiger partial charge in [0.05, 0.1) is 5.69 Å². The van der Waals surface area contributed by atoms with Gasteiger partial charge < -0.3 is 5.32 Å². The van der Waals surface area contributed by atoms with Crippen molar-refractivity contribution in [3.05, 3.63) is 70.3 Å². The summed E-state index contributed by atoms with van der Waals surface area (Å²) in [5.74, 6) is 0.498. The summed E-state index contributed by atoms with van der Waals surface area (Å²) in [7, 11) is 1.76. The van der Waals surface area contributed by atoms with Crippen LogP contribution in [0.4, 0.5) is 5.95 Å². The predicted molar refractivity (Wildman–Crippen MR) is 117 cm³/mol. The fourth-order valence-electron chi connectivity index (χ4n) is 3.59. The molecular formula is C23H23N5O. The molecule has 0 bridgehead atoms. The molecule has 0 radical (unpaired) electrons. The van der Waals surface area contributed by atoms with Crippen molar-refractivity contribution in [3.63, 3.8) is 0 Å². The van der Waals surface area contributed by atoms with Gasteiger partial charge in [-0.05, 0) is 56.2 Å².